The quantitative estimate of drug-likeness (QED) is 0.635. The number of carboxylic acid groups (broad SMARTS) is 1. The summed E-state index contributed by atoms with van der Waals surface area (Å²) in [6, 6.07) is -1.19. The fraction of sp³-hybridized carbons (Fsp3) is 0.857. The van der Waals surface area contributed by atoms with Crippen molar-refractivity contribution in [2.24, 2.45) is 11.8 Å². The van der Waals surface area contributed by atoms with E-state index in [1.165, 1.54) is 0 Å². The number of rotatable bonds is 8. The third-order valence-electron chi connectivity index (χ3n) is 3.60. The average Bonchev–Trinajstić information content (AvgIpc) is 2.34. The van der Waals surface area contributed by atoms with E-state index >= 15 is 0 Å². The Balaban J connectivity index is 4.30. The van der Waals surface area contributed by atoms with E-state index < -0.39 is 18.0 Å². The number of amides is 2. The molecule has 0 spiro atoms. The van der Waals surface area contributed by atoms with Gasteiger partial charge in [-0.2, -0.15) is 0 Å². The smallest absolute Gasteiger partial charge is 0.326 e. The Labute approximate surface area is 116 Å². The van der Waals surface area contributed by atoms with Crippen molar-refractivity contribution >= 4 is 12.0 Å². The Morgan fingerprint density at radius 1 is 1.05 bits per heavy atom. The highest BCUT2D eigenvalue weighted by Crippen LogP contribution is 2.10. The topological polar surface area (TPSA) is 78.4 Å². The van der Waals surface area contributed by atoms with Gasteiger partial charge in [-0.3, -0.25) is 0 Å². The molecule has 0 aliphatic carbocycles. The van der Waals surface area contributed by atoms with Crippen molar-refractivity contribution in [3.8, 4) is 0 Å². The summed E-state index contributed by atoms with van der Waals surface area (Å²) >= 11 is 0. The largest absolute Gasteiger partial charge is 0.480 e. The number of aliphatic carboxylic acids is 1. The third kappa shape index (κ3) is 7.03. The molecule has 3 unspecified atom stereocenters. The Morgan fingerprint density at radius 2 is 1.63 bits per heavy atom. The van der Waals surface area contributed by atoms with Gasteiger partial charge in [-0.15, -0.1) is 0 Å². The summed E-state index contributed by atoms with van der Waals surface area (Å²) in [5, 5.41) is 14.4. The summed E-state index contributed by atoms with van der Waals surface area (Å²) in [6.45, 7) is 9.91. The van der Waals surface area contributed by atoms with Gasteiger partial charge in [0.15, 0.2) is 0 Å². The van der Waals surface area contributed by atoms with Gasteiger partial charge in [0.1, 0.15) is 6.04 Å². The van der Waals surface area contributed by atoms with Crippen LogP contribution in [0.1, 0.15) is 53.9 Å². The molecule has 0 fully saturated rings. The van der Waals surface area contributed by atoms with Crippen molar-refractivity contribution in [1.82, 2.24) is 10.6 Å². The van der Waals surface area contributed by atoms with Gasteiger partial charge in [0.05, 0.1) is 0 Å². The fourth-order valence-corrected chi connectivity index (χ4v) is 1.92. The summed E-state index contributed by atoms with van der Waals surface area (Å²) in [5.74, 6) is -0.535. The summed E-state index contributed by atoms with van der Waals surface area (Å²) < 4.78 is 0. The first-order valence-corrected chi connectivity index (χ1v) is 7.11. The highest BCUT2D eigenvalue weighted by atomic mass is 16.4. The summed E-state index contributed by atoms with van der Waals surface area (Å²) in [5.41, 5.74) is 0. The van der Waals surface area contributed by atoms with Gasteiger partial charge in [-0.25, -0.2) is 9.59 Å². The molecule has 5 heteroatoms. The molecule has 5 nitrogen and oxygen atoms in total. The predicted octanol–water partition coefficient (Wildman–Crippen LogP) is 2.61. The lowest BCUT2D eigenvalue weighted by Gasteiger charge is -2.23. The van der Waals surface area contributed by atoms with Gasteiger partial charge in [0, 0.05) is 6.04 Å². The van der Waals surface area contributed by atoms with E-state index in [0.717, 1.165) is 12.8 Å². The van der Waals surface area contributed by atoms with Gasteiger partial charge >= 0.3 is 12.0 Å². The van der Waals surface area contributed by atoms with Crippen LogP contribution in [0.5, 0.6) is 0 Å². The van der Waals surface area contributed by atoms with Crippen molar-refractivity contribution in [2.75, 3.05) is 0 Å². The second-order valence-corrected chi connectivity index (χ2v) is 5.47. The molecule has 0 aliphatic rings. The molecule has 19 heavy (non-hydrogen) atoms. The monoisotopic (exact) mass is 272 g/mol. The SMILES string of the molecule is CCC(C)CC(C)NC(=O)N[C@H](C(=O)O)C(C)CC. The van der Waals surface area contributed by atoms with Crippen LogP contribution < -0.4 is 10.6 Å². The van der Waals surface area contributed by atoms with Gasteiger partial charge in [-0.05, 0) is 25.2 Å². The minimum atomic E-state index is -0.987. The van der Waals surface area contributed by atoms with E-state index in [1.54, 1.807) is 0 Å². The molecular formula is C14H28N2O3. The lowest BCUT2D eigenvalue weighted by Crippen LogP contribution is -2.51. The van der Waals surface area contributed by atoms with Crippen LogP contribution in [0.15, 0.2) is 0 Å². The number of hydrogen-bond acceptors (Lipinski definition) is 2. The number of carboxylic acids is 1. The molecule has 0 aromatic heterocycles. The maximum absolute atomic E-state index is 11.8. The van der Waals surface area contributed by atoms with Crippen LogP contribution in [0.3, 0.4) is 0 Å². The first kappa shape index (κ1) is 17.7. The molecule has 0 radical (unpaired) electrons. The lowest BCUT2D eigenvalue weighted by atomic mass is 9.99. The molecule has 0 heterocycles. The number of urea groups is 1. The van der Waals surface area contributed by atoms with E-state index in [2.05, 4.69) is 24.5 Å². The molecule has 112 valence electrons. The van der Waals surface area contributed by atoms with E-state index in [1.807, 2.05) is 20.8 Å². The van der Waals surface area contributed by atoms with Crippen molar-refractivity contribution in [1.29, 1.82) is 0 Å². The number of nitrogens with one attached hydrogen (secondary N) is 2. The first-order chi connectivity index (χ1) is 8.81. The van der Waals surface area contributed by atoms with Crippen LogP contribution in [0, 0.1) is 11.8 Å². The average molecular weight is 272 g/mol. The fourth-order valence-electron chi connectivity index (χ4n) is 1.92. The summed E-state index contributed by atoms with van der Waals surface area (Å²) in [4.78, 5) is 22.9. The van der Waals surface area contributed by atoms with E-state index in [-0.39, 0.29) is 12.0 Å². The maximum atomic E-state index is 11.8. The second-order valence-electron chi connectivity index (χ2n) is 5.47. The van der Waals surface area contributed by atoms with Gasteiger partial charge in [0.2, 0.25) is 0 Å². The minimum absolute atomic E-state index is 0.0429. The highest BCUT2D eigenvalue weighted by molar-refractivity contribution is 5.82. The Hall–Kier alpha value is -1.26. The van der Waals surface area contributed by atoms with E-state index in [0.29, 0.717) is 12.3 Å². The molecule has 0 saturated heterocycles. The van der Waals surface area contributed by atoms with E-state index in [9.17, 15) is 9.59 Å². The van der Waals surface area contributed by atoms with Gasteiger partial charge < -0.3 is 15.7 Å². The van der Waals surface area contributed by atoms with Crippen LogP contribution in [-0.2, 0) is 4.79 Å². The van der Waals surface area contributed by atoms with Crippen molar-refractivity contribution < 1.29 is 14.7 Å². The molecule has 4 atom stereocenters. The van der Waals surface area contributed by atoms with Crippen molar-refractivity contribution in [2.45, 2.75) is 66.0 Å². The lowest BCUT2D eigenvalue weighted by molar-refractivity contribution is -0.140. The first-order valence-electron chi connectivity index (χ1n) is 7.11. The second kappa shape index (κ2) is 8.77. The normalized spacial score (nSPS) is 17.1. The Bertz CT molecular complexity index is 294. The van der Waals surface area contributed by atoms with Crippen molar-refractivity contribution in [3.05, 3.63) is 0 Å². The van der Waals surface area contributed by atoms with Crippen LogP contribution >= 0.6 is 0 Å². The molecule has 0 aliphatic heterocycles. The number of carbonyl (C=O) groups is 2. The molecule has 3 N–H and O–H groups in total. The third-order valence-corrected chi connectivity index (χ3v) is 3.60. The highest BCUT2D eigenvalue weighted by Gasteiger charge is 2.25. The number of hydrogen-bond donors (Lipinski definition) is 3. The Kier molecular flexibility index (Phi) is 8.19. The molecule has 0 bridgehead atoms. The molecule has 0 rings (SSSR count). The molecule has 0 saturated carbocycles. The van der Waals surface area contributed by atoms with E-state index in [4.69, 9.17) is 5.11 Å². The summed E-state index contributed by atoms with van der Waals surface area (Å²) in [6.07, 6.45) is 2.67. The molecule has 0 aromatic rings. The standard InChI is InChI=1S/C14H28N2O3/c1-6-9(3)8-11(5)15-14(19)16-12(13(17)18)10(4)7-2/h9-12H,6-8H2,1-5H3,(H,17,18)(H2,15,16,19)/t9?,10?,11?,12-/m0/s1. The molecule has 2 amide bonds. The van der Waals surface area contributed by atoms with Crippen LogP contribution in [0.25, 0.3) is 0 Å². The zero-order valence-electron chi connectivity index (χ0n) is 12.7. The predicted molar refractivity (Wildman–Crippen MR) is 76.1 cm³/mol. The van der Waals surface area contributed by atoms with Crippen LogP contribution in [-0.4, -0.2) is 29.2 Å². The minimum Gasteiger partial charge on any atom is -0.480 e. The van der Waals surface area contributed by atoms with Gasteiger partial charge in [-0.1, -0.05) is 40.5 Å². The Morgan fingerprint density at radius 3 is 2.05 bits per heavy atom. The number of carbonyl (C=O) groups excluding carboxylic acids is 1. The van der Waals surface area contributed by atoms with Crippen LogP contribution in [0.2, 0.25) is 0 Å². The zero-order chi connectivity index (χ0) is 15.0. The zero-order valence-corrected chi connectivity index (χ0v) is 12.7. The van der Waals surface area contributed by atoms with Crippen LogP contribution in [0.4, 0.5) is 4.79 Å². The summed E-state index contributed by atoms with van der Waals surface area (Å²) in [7, 11) is 0. The van der Waals surface area contributed by atoms with Gasteiger partial charge in [0.25, 0.3) is 0 Å². The molecular weight excluding hydrogens is 244 g/mol. The maximum Gasteiger partial charge on any atom is 0.326 e. The molecule has 0 aromatic carbocycles. The van der Waals surface area contributed by atoms with Crippen molar-refractivity contribution in [3.63, 3.8) is 0 Å².